The highest BCUT2D eigenvalue weighted by Gasteiger charge is 2.16. The van der Waals surface area contributed by atoms with Crippen molar-refractivity contribution >= 4 is 38.9 Å². The van der Waals surface area contributed by atoms with Gasteiger partial charge in [-0.25, -0.2) is 0 Å². The van der Waals surface area contributed by atoms with Gasteiger partial charge in [0.1, 0.15) is 0 Å². The predicted molar refractivity (Wildman–Crippen MR) is 79.1 cm³/mol. The molecule has 2 rings (SSSR count). The summed E-state index contributed by atoms with van der Waals surface area (Å²) in [5, 5.41) is 4.13. The standard InChI is InChI=1S/C13H13BrClNS/c1-8-3-4-9(15)7-10(8)13(16-2)11-5-6-12(14)17-11/h3-7,13,16H,1-2H3. The summed E-state index contributed by atoms with van der Waals surface area (Å²) >= 11 is 11.3. The van der Waals surface area contributed by atoms with E-state index >= 15 is 0 Å². The number of rotatable bonds is 3. The zero-order valence-corrected chi connectivity index (χ0v) is 12.8. The first-order valence-corrected chi connectivity index (χ1v) is 7.29. The molecule has 1 N–H and O–H groups in total. The number of thiophene rings is 1. The molecule has 0 saturated heterocycles. The Morgan fingerprint density at radius 1 is 1.29 bits per heavy atom. The number of aryl methyl sites for hydroxylation is 1. The zero-order chi connectivity index (χ0) is 12.4. The summed E-state index contributed by atoms with van der Waals surface area (Å²) in [5.74, 6) is 0. The molecule has 1 unspecified atom stereocenters. The quantitative estimate of drug-likeness (QED) is 0.854. The SMILES string of the molecule is CNC(c1ccc(Br)s1)c1cc(Cl)ccc1C. The Balaban J connectivity index is 2.45. The van der Waals surface area contributed by atoms with Crippen LogP contribution in [-0.2, 0) is 0 Å². The summed E-state index contributed by atoms with van der Waals surface area (Å²) in [5.41, 5.74) is 2.48. The molecule has 0 amide bonds. The van der Waals surface area contributed by atoms with Gasteiger partial charge in [0.2, 0.25) is 0 Å². The molecule has 1 aromatic carbocycles. The highest BCUT2D eigenvalue weighted by Crippen LogP contribution is 2.33. The average Bonchev–Trinajstić information content (AvgIpc) is 2.71. The van der Waals surface area contributed by atoms with Crippen molar-refractivity contribution in [3.8, 4) is 0 Å². The van der Waals surface area contributed by atoms with Crippen LogP contribution >= 0.6 is 38.9 Å². The fraction of sp³-hybridized carbons (Fsp3) is 0.231. The van der Waals surface area contributed by atoms with Gasteiger partial charge in [-0.2, -0.15) is 0 Å². The van der Waals surface area contributed by atoms with E-state index in [-0.39, 0.29) is 6.04 Å². The van der Waals surface area contributed by atoms with Crippen molar-refractivity contribution in [2.75, 3.05) is 7.05 Å². The first-order chi connectivity index (χ1) is 8.11. The van der Waals surface area contributed by atoms with Crippen molar-refractivity contribution in [1.82, 2.24) is 5.32 Å². The summed E-state index contributed by atoms with van der Waals surface area (Å²) in [4.78, 5) is 1.28. The van der Waals surface area contributed by atoms with E-state index in [1.54, 1.807) is 11.3 Å². The first kappa shape index (κ1) is 13.1. The lowest BCUT2D eigenvalue weighted by Crippen LogP contribution is -2.17. The van der Waals surface area contributed by atoms with E-state index in [9.17, 15) is 0 Å². The Bertz CT molecular complexity index is 524. The molecule has 1 atom stereocenters. The van der Waals surface area contributed by atoms with Gasteiger partial charge in [0.15, 0.2) is 0 Å². The number of hydrogen-bond acceptors (Lipinski definition) is 2. The fourth-order valence-corrected chi connectivity index (χ4v) is 3.59. The highest BCUT2D eigenvalue weighted by molar-refractivity contribution is 9.11. The molecular weight excluding hydrogens is 318 g/mol. The Morgan fingerprint density at radius 3 is 2.65 bits per heavy atom. The van der Waals surface area contributed by atoms with Crippen molar-refractivity contribution in [2.24, 2.45) is 0 Å². The Labute approximate surface area is 119 Å². The molecule has 2 aromatic rings. The van der Waals surface area contributed by atoms with Crippen molar-refractivity contribution in [3.63, 3.8) is 0 Å². The van der Waals surface area contributed by atoms with Crippen LogP contribution in [0.15, 0.2) is 34.1 Å². The maximum atomic E-state index is 6.08. The van der Waals surface area contributed by atoms with Crippen molar-refractivity contribution in [2.45, 2.75) is 13.0 Å². The number of benzene rings is 1. The minimum absolute atomic E-state index is 0.199. The maximum absolute atomic E-state index is 6.08. The monoisotopic (exact) mass is 329 g/mol. The third-order valence-electron chi connectivity index (χ3n) is 2.72. The summed E-state index contributed by atoms with van der Waals surface area (Å²) in [7, 11) is 1.97. The highest BCUT2D eigenvalue weighted by atomic mass is 79.9. The summed E-state index contributed by atoms with van der Waals surface area (Å²) in [6.07, 6.45) is 0. The molecule has 1 heterocycles. The Hall–Kier alpha value is -0.350. The molecule has 17 heavy (non-hydrogen) atoms. The lowest BCUT2D eigenvalue weighted by molar-refractivity contribution is 0.699. The van der Waals surface area contributed by atoms with Crippen LogP contribution in [0.25, 0.3) is 0 Å². The zero-order valence-electron chi connectivity index (χ0n) is 9.63. The largest absolute Gasteiger partial charge is 0.309 e. The van der Waals surface area contributed by atoms with E-state index in [0.29, 0.717) is 0 Å². The van der Waals surface area contributed by atoms with Crippen molar-refractivity contribution in [1.29, 1.82) is 0 Å². The number of nitrogens with one attached hydrogen (secondary N) is 1. The Morgan fingerprint density at radius 2 is 2.06 bits per heavy atom. The van der Waals surface area contributed by atoms with Crippen LogP contribution in [0.5, 0.6) is 0 Å². The van der Waals surface area contributed by atoms with Gasteiger partial charge in [-0.05, 0) is 65.3 Å². The van der Waals surface area contributed by atoms with Gasteiger partial charge >= 0.3 is 0 Å². The molecule has 0 radical (unpaired) electrons. The third-order valence-corrected chi connectivity index (χ3v) is 4.64. The second-order valence-electron chi connectivity index (χ2n) is 3.86. The van der Waals surface area contributed by atoms with E-state index in [1.807, 2.05) is 19.2 Å². The lowest BCUT2D eigenvalue weighted by Gasteiger charge is -2.17. The second-order valence-corrected chi connectivity index (χ2v) is 6.80. The fourth-order valence-electron chi connectivity index (χ4n) is 1.86. The van der Waals surface area contributed by atoms with Gasteiger partial charge in [0, 0.05) is 9.90 Å². The first-order valence-electron chi connectivity index (χ1n) is 5.30. The molecule has 1 nitrogen and oxygen atoms in total. The number of halogens is 2. The van der Waals surface area contributed by atoms with E-state index in [0.717, 1.165) is 8.81 Å². The van der Waals surface area contributed by atoms with Crippen molar-refractivity contribution in [3.05, 3.63) is 55.1 Å². The summed E-state index contributed by atoms with van der Waals surface area (Å²) in [6.45, 7) is 2.11. The molecule has 0 saturated carbocycles. The van der Waals surface area contributed by atoms with E-state index in [2.05, 4.69) is 46.4 Å². The van der Waals surface area contributed by atoms with Gasteiger partial charge in [0.25, 0.3) is 0 Å². The van der Waals surface area contributed by atoms with Gasteiger partial charge < -0.3 is 5.32 Å². The van der Waals surface area contributed by atoms with Crippen LogP contribution in [-0.4, -0.2) is 7.05 Å². The predicted octanol–water partition coefficient (Wildman–Crippen LogP) is 4.78. The molecule has 90 valence electrons. The van der Waals surface area contributed by atoms with E-state index in [4.69, 9.17) is 11.6 Å². The van der Waals surface area contributed by atoms with Crippen molar-refractivity contribution < 1.29 is 0 Å². The van der Waals surface area contributed by atoms with E-state index in [1.165, 1.54) is 16.0 Å². The average molecular weight is 331 g/mol. The Kier molecular flexibility index (Phi) is 4.26. The van der Waals surface area contributed by atoms with Gasteiger partial charge in [-0.15, -0.1) is 11.3 Å². The molecule has 0 aliphatic heterocycles. The van der Waals surface area contributed by atoms with Crippen LogP contribution in [0, 0.1) is 6.92 Å². The molecular formula is C13H13BrClNS. The van der Waals surface area contributed by atoms with Crippen LogP contribution in [0.3, 0.4) is 0 Å². The maximum Gasteiger partial charge on any atom is 0.0702 e. The normalized spacial score (nSPS) is 12.7. The minimum atomic E-state index is 0.199. The smallest absolute Gasteiger partial charge is 0.0702 e. The number of hydrogen-bond donors (Lipinski definition) is 1. The molecule has 0 aliphatic carbocycles. The van der Waals surface area contributed by atoms with E-state index < -0.39 is 0 Å². The second kappa shape index (κ2) is 5.53. The molecule has 4 heteroatoms. The molecule has 0 bridgehead atoms. The molecule has 0 fully saturated rings. The summed E-state index contributed by atoms with van der Waals surface area (Å²) in [6, 6.07) is 10.4. The molecule has 0 spiro atoms. The van der Waals surface area contributed by atoms with Crippen LogP contribution < -0.4 is 5.32 Å². The van der Waals surface area contributed by atoms with Crippen LogP contribution in [0.4, 0.5) is 0 Å². The van der Waals surface area contributed by atoms with Gasteiger partial charge in [0.05, 0.1) is 9.83 Å². The van der Waals surface area contributed by atoms with Gasteiger partial charge in [-0.3, -0.25) is 0 Å². The van der Waals surface area contributed by atoms with Gasteiger partial charge in [-0.1, -0.05) is 17.7 Å². The summed E-state index contributed by atoms with van der Waals surface area (Å²) < 4.78 is 1.15. The molecule has 1 aromatic heterocycles. The van der Waals surface area contributed by atoms with Crippen LogP contribution in [0.1, 0.15) is 22.0 Å². The molecule has 0 aliphatic rings. The lowest BCUT2D eigenvalue weighted by atomic mass is 10.0. The topological polar surface area (TPSA) is 12.0 Å². The van der Waals surface area contributed by atoms with Crippen LogP contribution in [0.2, 0.25) is 5.02 Å². The third kappa shape index (κ3) is 2.91. The minimum Gasteiger partial charge on any atom is -0.309 e.